The zero-order valence-corrected chi connectivity index (χ0v) is 13.8. The molecular weight excluding hydrogens is 361 g/mol. The number of carbonyl (C=O) groups is 2. The van der Waals surface area contributed by atoms with Crippen molar-refractivity contribution in [1.82, 2.24) is 0 Å². The summed E-state index contributed by atoms with van der Waals surface area (Å²) in [6.45, 7) is -0.536. The van der Waals surface area contributed by atoms with Crippen LogP contribution in [0.1, 0.15) is 21.7 Å². The van der Waals surface area contributed by atoms with Gasteiger partial charge in [0, 0.05) is 11.5 Å². The largest absolute Gasteiger partial charge is 0.454 e. The van der Waals surface area contributed by atoms with Crippen LogP contribution in [-0.4, -0.2) is 18.4 Å². The third-order valence-electron chi connectivity index (χ3n) is 3.67. The fraction of sp³-hybridized carbons (Fsp3) is 0.100. The van der Waals surface area contributed by atoms with Gasteiger partial charge in [0.15, 0.2) is 12.4 Å². The fourth-order valence-electron chi connectivity index (χ4n) is 2.36. The van der Waals surface area contributed by atoms with Crippen LogP contribution in [0.2, 0.25) is 0 Å². The average molecular weight is 374 g/mol. The molecule has 7 heteroatoms. The first-order valence-electron chi connectivity index (χ1n) is 7.87. The molecule has 1 heterocycles. The normalized spacial score (nSPS) is 11.8. The molecule has 0 spiro atoms. The van der Waals surface area contributed by atoms with E-state index in [4.69, 9.17) is 9.15 Å². The van der Waals surface area contributed by atoms with E-state index in [0.29, 0.717) is 5.58 Å². The van der Waals surface area contributed by atoms with Gasteiger partial charge in [0.25, 0.3) is 0 Å². The third-order valence-corrected chi connectivity index (χ3v) is 3.67. The number of benzene rings is 2. The van der Waals surface area contributed by atoms with E-state index < -0.39 is 30.1 Å². The Hall–Kier alpha value is -3.35. The Morgan fingerprint density at radius 3 is 2.56 bits per heavy atom. The second-order valence-corrected chi connectivity index (χ2v) is 5.64. The van der Waals surface area contributed by atoms with E-state index in [2.05, 4.69) is 0 Å². The molecule has 27 heavy (non-hydrogen) atoms. The van der Waals surface area contributed by atoms with Gasteiger partial charge in [-0.2, -0.15) is 13.2 Å². The number of rotatable bonds is 5. The Morgan fingerprint density at radius 1 is 1.04 bits per heavy atom. The second-order valence-electron chi connectivity index (χ2n) is 5.64. The number of alkyl halides is 3. The topological polar surface area (TPSA) is 56.5 Å². The minimum Gasteiger partial charge on any atom is -0.454 e. The number of esters is 1. The number of hydrogen-bond donors (Lipinski definition) is 0. The standard InChI is InChI=1S/C20H13F3O4/c21-20(22,23)15-6-3-4-13(10-15)8-9-19(25)26-12-16(24)18-11-14-5-1-2-7-17(14)27-18/h1-11H,12H2/b9-8+. The number of para-hydroxylation sites is 1. The molecule has 0 fully saturated rings. The predicted molar refractivity (Wildman–Crippen MR) is 92.0 cm³/mol. The second kappa shape index (κ2) is 7.49. The highest BCUT2D eigenvalue weighted by Crippen LogP contribution is 2.29. The van der Waals surface area contributed by atoms with E-state index in [1.807, 2.05) is 0 Å². The molecule has 0 N–H and O–H groups in total. The van der Waals surface area contributed by atoms with E-state index in [9.17, 15) is 22.8 Å². The lowest BCUT2D eigenvalue weighted by Crippen LogP contribution is -2.11. The molecule has 0 amide bonds. The minimum absolute atomic E-state index is 0.0610. The molecule has 3 rings (SSSR count). The Kier molecular flexibility index (Phi) is 5.12. The summed E-state index contributed by atoms with van der Waals surface area (Å²) >= 11 is 0. The number of hydrogen-bond acceptors (Lipinski definition) is 4. The minimum atomic E-state index is -4.47. The molecule has 2 aromatic carbocycles. The van der Waals surface area contributed by atoms with Crippen LogP contribution in [0.15, 0.2) is 65.1 Å². The van der Waals surface area contributed by atoms with Crippen LogP contribution in [0.5, 0.6) is 0 Å². The van der Waals surface area contributed by atoms with Crippen molar-refractivity contribution in [3.05, 3.63) is 77.6 Å². The first kappa shape index (κ1) is 18.4. The van der Waals surface area contributed by atoms with Gasteiger partial charge in [-0.15, -0.1) is 0 Å². The van der Waals surface area contributed by atoms with E-state index in [-0.39, 0.29) is 11.3 Å². The molecule has 0 radical (unpaired) electrons. The van der Waals surface area contributed by atoms with Crippen molar-refractivity contribution in [3.63, 3.8) is 0 Å². The van der Waals surface area contributed by atoms with Gasteiger partial charge in [0.05, 0.1) is 5.56 Å². The van der Waals surface area contributed by atoms with Crippen LogP contribution in [-0.2, 0) is 15.7 Å². The summed E-state index contributed by atoms with van der Waals surface area (Å²) in [6.07, 6.45) is -2.33. The van der Waals surface area contributed by atoms with Gasteiger partial charge in [-0.05, 0) is 35.9 Å². The maximum Gasteiger partial charge on any atom is 0.416 e. The maximum atomic E-state index is 12.7. The van der Waals surface area contributed by atoms with Crippen molar-refractivity contribution in [2.45, 2.75) is 6.18 Å². The first-order valence-corrected chi connectivity index (χ1v) is 7.87. The lowest BCUT2D eigenvalue weighted by Gasteiger charge is -2.06. The molecule has 0 saturated carbocycles. The smallest absolute Gasteiger partial charge is 0.416 e. The number of carbonyl (C=O) groups excluding carboxylic acids is 2. The number of ketones is 1. The fourth-order valence-corrected chi connectivity index (χ4v) is 2.36. The van der Waals surface area contributed by atoms with Gasteiger partial charge < -0.3 is 9.15 Å². The highest BCUT2D eigenvalue weighted by molar-refractivity contribution is 5.99. The van der Waals surface area contributed by atoms with Crippen LogP contribution in [0.25, 0.3) is 17.0 Å². The Labute approximate surface area is 151 Å². The summed E-state index contributed by atoms with van der Waals surface area (Å²) in [6, 6.07) is 13.1. The zero-order valence-electron chi connectivity index (χ0n) is 13.8. The third kappa shape index (κ3) is 4.63. The van der Waals surface area contributed by atoms with Crippen LogP contribution in [0, 0.1) is 0 Å². The van der Waals surface area contributed by atoms with E-state index in [1.165, 1.54) is 18.2 Å². The molecule has 0 aliphatic heterocycles. The molecule has 3 aromatic rings. The first-order chi connectivity index (χ1) is 12.8. The highest BCUT2D eigenvalue weighted by Gasteiger charge is 2.30. The van der Waals surface area contributed by atoms with Crippen molar-refractivity contribution in [3.8, 4) is 0 Å². The van der Waals surface area contributed by atoms with E-state index >= 15 is 0 Å². The average Bonchev–Trinajstić information content (AvgIpc) is 3.08. The van der Waals surface area contributed by atoms with Gasteiger partial charge in [-0.3, -0.25) is 4.79 Å². The molecule has 0 unspecified atom stereocenters. The number of Topliss-reactive ketones (excluding diaryl/α,β-unsaturated/α-hetero) is 1. The number of ether oxygens (including phenoxy) is 1. The SMILES string of the molecule is O=C(/C=C/c1cccc(C(F)(F)F)c1)OCC(=O)c1cc2ccccc2o1. The monoisotopic (exact) mass is 374 g/mol. The van der Waals surface area contributed by atoms with Crippen molar-refractivity contribution in [1.29, 1.82) is 0 Å². The zero-order chi connectivity index (χ0) is 19.4. The van der Waals surface area contributed by atoms with Crippen molar-refractivity contribution < 1.29 is 31.9 Å². The lowest BCUT2D eigenvalue weighted by molar-refractivity contribution is -0.138. The summed E-state index contributed by atoms with van der Waals surface area (Å²) in [5.41, 5.74) is -0.0971. The molecule has 0 aliphatic rings. The predicted octanol–water partition coefficient (Wildman–Crippen LogP) is 4.89. The lowest BCUT2D eigenvalue weighted by atomic mass is 10.1. The molecule has 0 bridgehead atoms. The van der Waals surface area contributed by atoms with Crippen LogP contribution in [0.3, 0.4) is 0 Å². The Balaban J connectivity index is 1.59. The molecule has 0 aliphatic carbocycles. The summed E-state index contributed by atoms with van der Waals surface area (Å²) in [7, 11) is 0. The van der Waals surface area contributed by atoms with Gasteiger partial charge >= 0.3 is 12.1 Å². The molecule has 1 aromatic heterocycles. The Morgan fingerprint density at radius 2 is 1.81 bits per heavy atom. The van der Waals surface area contributed by atoms with Crippen molar-refractivity contribution in [2.75, 3.05) is 6.61 Å². The molecular formula is C20H13F3O4. The van der Waals surface area contributed by atoms with Crippen LogP contribution in [0.4, 0.5) is 13.2 Å². The van der Waals surface area contributed by atoms with Crippen LogP contribution >= 0.6 is 0 Å². The van der Waals surface area contributed by atoms with E-state index in [1.54, 1.807) is 30.3 Å². The van der Waals surface area contributed by atoms with E-state index in [0.717, 1.165) is 23.6 Å². The van der Waals surface area contributed by atoms with Crippen molar-refractivity contribution >= 4 is 28.8 Å². The maximum absolute atomic E-state index is 12.7. The van der Waals surface area contributed by atoms with Gasteiger partial charge in [0.2, 0.25) is 5.78 Å². The molecule has 0 atom stereocenters. The van der Waals surface area contributed by atoms with Crippen molar-refractivity contribution in [2.24, 2.45) is 0 Å². The molecule has 138 valence electrons. The quantitative estimate of drug-likeness (QED) is 0.362. The molecule has 4 nitrogen and oxygen atoms in total. The highest BCUT2D eigenvalue weighted by atomic mass is 19.4. The Bertz CT molecular complexity index is 982. The van der Waals surface area contributed by atoms with Crippen LogP contribution < -0.4 is 0 Å². The summed E-state index contributed by atoms with van der Waals surface area (Å²) in [5.74, 6) is -1.31. The number of halogens is 3. The number of furan rings is 1. The van der Waals surface area contributed by atoms with Gasteiger partial charge in [-0.25, -0.2) is 4.79 Å². The summed E-state index contributed by atoms with van der Waals surface area (Å²) < 4.78 is 48.1. The number of fused-ring (bicyclic) bond motifs is 1. The summed E-state index contributed by atoms with van der Waals surface area (Å²) in [4.78, 5) is 23.7. The molecule has 0 saturated heterocycles. The van der Waals surface area contributed by atoms with Gasteiger partial charge in [-0.1, -0.05) is 30.3 Å². The summed E-state index contributed by atoms with van der Waals surface area (Å²) in [5, 5.41) is 0.747. The van der Waals surface area contributed by atoms with Gasteiger partial charge in [0.1, 0.15) is 5.58 Å².